The van der Waals surface area contributed by atoms with Crippen LogP contribution in [0.5, 0.6) is 0 Å². The van der Waals surface area contributed by atoms with Crippen molar-refractivity contribution in [1.29, 1.82) is 0 Å². The fourth-order valence-corrected chi connectivity index (χ4v) is 0.623. The summed E-state index contributed by atoms with van der Waals surface area (Å²) in [5.74, 6) is -0.181. The van der Waals surface area contributed by atoms with Crippen LogP contribution in [0.2, 0.25) is 0 Å². The van der Waals surface area contributed by atoms with Crippen LogP contribution in [0.15, 0.2) is 0 Å². The van der Waals surface area contributed by atoms with Gasteiger partial charge in [-0.25, -0.2) is 0 Å². The number of rotatable bonds is 3. The molecule has 0 rings (SSSR count). The van der Waals surface area contributed by atoms with E-state index in [0.29, 0.717) is 0 Å². The van der Waals surface area contributed by atoms with Gasteiger partial charge in [-0.2, -0.15) is 0 Å². The van der Waals surface area contributed by atoms with Crippen molar-refractivity contribution < 1.29 is 9.90 Å². The van der Waals surface area contributed by atoms with Gasteiger partial charge in [-0.15, -0.1) is 0 Å². The highest BCUT2D eigenvalue weighted by molar-refractivity contribution is 5.85. The maximum atomic E-state index is 11.0. The average molecular weight is 145 g/mol. The molecule has 0 bridgehead atoms. The summed E-state index contributed by atoms with van der Waals surface area (Å²) < 4.78 is 0. The highest BCUT2D eigenvalue weighted by atomic mass is 16.3. The van der Waals surface area contributed by atoms with Gasteiger partial charge < -0.3 is 10.8 Å². The zero-order valence-corrected chi connectivity index (χ0v) is 6.66. The molecular weight excluding hydrogens is 130 g/mol. The molecule has 0 radical (unpaired) electrons. The van der Waals surface area contributed by atoms with E-state index < -0.39 is 12.1 Å². The normalized spacial score (nSPS) is 17.0. The Kier molecular flexibility index (Phi) is 3.53. The Morgan fingerprint density at radius 1 is 1.40 bits per heavy atom. The minimum atomic E-state index is -0.741. The van der Waals surface area contributed by atoms with Gasteiger partial charge in [0.1, 0.15) is 0 Å². The van der Waals surface area contributed by atoms with Crippen LogP contribution >= 0.6 is 0 Å². The van der Waals surface area contributed by atoms with E-state index in [1.54, 1.807) is 13.8 Å². The lowest BCUT2D eigenvalue weighted by atomic mass is 9.99. The molecule has 3 nitrogen and oxygen atoms in total. The van der Waals surface area contributed by atoms with E-state index >= 15 is 0 Å². The number of aliphatic hydroxyl groups is 1. The van der Waals surface area contributed by atoms with Crippen molar-refractivity contribution in [2.75, 3.05) is 0 Å². The van der Waals surface area contributed by atoms with Crippen molar-refractivity contribution in [2.24, 2.45) is 11.7 Å². The number of carbonyl (C=O) groups is 1. The van der Waals surface area contributed by atoms with Crippen LogP contribution in [0.4, 0.5) is 0 Å². The molecule has 0 aliphatic carbocycles. The maximum absolute atomic E-state index is 11.0. The number of hydrogen-bond acceptors (Lipinski definition) is 3. The molecule has 0 fully saturated rings. The van der Waals surface area contributed by atoms with Crippen LogP contribution < -0.4 is 5.73 Å². The molecule has 0 spiro atoms. The molecule has 10 heavy (non-hydrogen) atoms. The average Bonchev–Trinajstić information content (AvgIpc) is 1.84. The zero-order valence-electron chi connectivity index (χ0n) is 6.66. The predicted molar refractivity (Wildman–Crippen MR) is 39.5 cm³/mol. The van der Waals surface area contributed by atoms with Gasteiger partial charge in [-0.3, -0.25) is 4.79 Å². The first-order valence-corrected chi connectivity index (χ1v) is 3.44. The SMILES string of the molecule is CC(C)C(=O)[C@@H](N)[C@H](C)O. The number of aliphatic hydroxyl groups excluding tert-OH is 1. The van der Waals surface area contributed by atoms with Crippen LogP contribution in [0.3, 0.4) is 0 Å². The van der Waals surface area contributed by atoms with Crippen molar-refractivity contribution in [3.8, 4) is 0 Å². The molecule has 0 amide bonds. The van der Waals surface area contributed by atoms with Crippen molar-refractivity contribution in [2.45, 2.75) is 32.9 Å². The quantitative estimate of drug-likeness (QED) is 0.584. The maximum Gasteiger partial charge on any atom is 0.154 e. The first-order valence-electron chi connectivity index (χ1n) is 3.44. The molecular formula is C7H15NO2. The van der Waals surface area contributed by atoms with E-state index in [0.717, 1.165) is 0 Å². The van der Waals surface area contributed by atoms with Gasteiger partial charge in [0.15, 0.2) is 5.78 Å². The standard InChI is InChI=1S/C7H15NO2/c1-4(2)7(10)6(8)5(3)9/h4-6,9H,8H2,1-3H3/t5-,6-/m0/s1. The van der Waals surface area contributed by atoms with E-state index in [1.165, 1.54) is 6.92 Å². The number of ketones is 1. The molecule has 2 atom stereocenters. The second kappa shape index (κ2) is 3.68. The van der Waals surface area contributed by atoms with E-state index in [4.69, 9.17) is 10.8 Å². The van der Waals surface area contributed by atoms with Gasteiger partial charge in [0.25, 0.3) is 0 Å². The predicted octanol–water partition coefficient (Wildman–Crippen LogP) is -0.0804. The molecule has 60 valence electrons. The Morgan fingerprint density at radius 3 is 1.90 bits per heavy atom. The van der Waals surface area contributed by atoms with E-state index in [-0.39, 0.29) is 11.7 Å². The minimum Gasteiger partial charge on any atom is -0.391 e. The molecule has 0 aromatic carbocycles. The van der Waals surface area contributed by atoms with E-state index in [9.17, 15) is 4.79 Å². The van der Waals surface area contributed by atoms with Gasteiger partial charge >= 0.3 is 0 Å². The molecule has 0 heterocycles. The lowest BCUT2D eigenvalue weighted by Gasteiger charge is -2.14. The molecule has 0 unspecified atom stereocenters. The van der Waals surface area contributed by atoms with Gasteiger partial charge in [0, 0.05) is 5.92 Å². The number of Topliss-reactive ketones (excluding diaryl/α,β-unsaturated/α-hetero) is 1. The van der Waals surface area contributed by atoms with Crippen LogP contribution in [0.25, 0.3) is 0 Å². The van der Waals surface area contributed by atoms with E-state index in [1.807, 2.05) is 0 Å². The monoisotopic (exact) mass is 145 g/mol. The second-order valence-electron chi connectivity index (χ2n) is 2.82. The molecule has 0 aromatic heterocycles. The molecule has 0 aliphatic heterocycles. The molecule has 0 saturated carbocycles. The summed E-state index contributed by atoms with van der Waals surface area (Å²) in [6, 6.07) is -0.722. The Labute approximate surface area is 61.2 Å². The highest BCUT2D eigenvalue weighted by Crippen LogP contribution is 2.00. The van der Waals surface area contributed by atoms with Crippen molar-refractivity contribution in [3.05, 3.63) is 0 Å². The summed E-state index contributed by atoms with van der Waals surface area (Å²) in [7, 11) is 0. The van der Waals surface area contributed by atoms with Gasteiger partial charge in [0.05, 0.1) is 12.1 Å². The smallest absolute Gasteiger partial charge is 0.154 e. The Morgan fingerprint density at radius 2 is 1.80 bits per heavy atom. The van der Waals surface area contributed by atoms with Crippen molar-refractivity contribution in [3.63, 3.8) is 0 Å². The molecule has 0 aromatic rings. The number of hydrogen-bond donors (Lipinski definition) is 2. The lowest BCUT2D eigenvalue weighted by Crippen LogP contribution is -2.42. The summed E-state index contributed by atoms with van der Waals surface area (Å²) in [5.41, 5.74) is 5.36. The van der Waals surface area contributed by atoms with Crippen LogP contribution in [0, 0.1) is 5.92 Å². The third kappa shape index (κ3) is 2.45. The minimum absolute atomic E-state index is 0.0880. The lowest BCUT2D eigenvalue weighted by molar-refractivity contribution is -0.125. The fourth-order valence-electron chi connectivity index (χ4n) is 0.623. The van der Waals surface area contributed by atoms with Gasteiger partial charge in [0.2, 0.25) is 0 Å². The van der Waals surface area contributed by atoms with Crippen LogP contribution in [0.1, 0.15) is 20.8 Å². The Balaban J connectivity index is 3.95. The number of nitrogens with two attached hydrogens (primary N) is 1. The van der Waals surface area contributed by atoms with Crippen LogP contribution in [-0.4, -0.2) is 23.0 Å². The second-order valence-corrected chi connectivity index (χ2v) is 2.82. The highest BCUT2D eigenvalue weighted by Gasteiger charge is 2.20. The number of carbonyl (C=O) groups excluding carboxylic acids is 1. The largest absolute Gasteiger partial charge is 0.391 e. The summed E-state index contributed by atoms with van der Waals surface area (Å²) in [6.07, 6.45) is -0.741. The van der Waals surface area contributed by atoms with Gasteiger partial charge in [-0.1, -0.05) is 13.8 Å². The Hall–Kier alpha value is -0.410. The van der Waals surface area contributed by atoms with Gasteiger partial charge in [-0.05, 0) is 6.92 Å². The third-order valence-electron chi connectivity index (χ3n) is 1.42. The van der Waals surface area contributed by atoms with Crippen molar-refractivity contribution >= 4 is 5.78 Å². The molecule has 3 heteroatoms. The van der Waals surface area contributed by atoms with Crippen molar-refractivity contribution in [1.82, 2.24) is 0 Å². The first kappa shape index (κ1) is 9.59. The molecule has 0 aliphatic rings. The fraction of sp³-hybridized carbons (Fsp3) is 0.857. The zero-order chi connectivity index (χ0) is 8.31. The first-order chi connectivity index (χ1) is 4.46. The summed E-state index contributed by atoms with van der Waals surface area (Å²) in [6.45, 7) is 5.06. The molecule has 0 saturated heterocycles. The molecule has 3 N–H and O–H groups in total. The summed E-state index contributed by atoms with van der Waals surface area (Å²) in [4.78, 5) is 11.0. The topological polar surface area (TPSA) is 63.3 Å². The van der Waals surface area contributed by atoms with E-state index in [2.05, 4.69) is 0 Å². The summed E-state index contributed by atoms with van der Waals surface area (Å²) >= 11 is 0. The summed E-state index contributed by atoms with van der Waals surface area (Å²) in [5, 5.41) is 8.89. The van der Waals surface area contributed by atoms with Crippen LogP contribution in [-0.2, 0) is 4.79 Å². The third-order valence-corrected chi connectivity index (χ3v) is 1.42. The Bertz CT molecular complexity index is 121.